The van der Waals surface area contributed by atoms with Crippen molar-refractivity contribution >= 4 is 11.9 Å². The highest BCUT2D eigenvalue weighted by atomic mass is 16.5. The fraction of sp³-hybridized carbons (Fsp3) is 0.214. The zero-order valence-electron chi connectivity index (χ0n) is 11.8. The van der Waals surface area contributed by atoms with Gasteiger partial charge in [-0.25, -0.2) is 4.79 Å². The van der Waals surface area contributed by atoms with Crippen LogP contribution in [0.2, 0.25) is 0 Å². The minimum absolute atomic E-state index is 0.229. The first kappa shape index (κ1) is 14.6. The molecule has 110 valence electrons. The Morgan fingerprint density at radius 1 is 1.52 bits per heavy atom. The van der Waals surface area contributed by atoms with E-state index in [0.717, 1.165) is 5.69 Å². The molecule has 0 aliphatic heterocycles. The van der Waals surface area contributed by atoms with Crippen molar-refractivity contribution in [3.63, 3.8) is 0 Å². The van der Waals surface area contributed by atoms with Gasteiger partial charge in [-0.3, -0.25) is 9.89 Å². The van der Waals surface area contributed by atoms with Gasteiger partial charge in [0.2, 0.25) is 0 Å². The predicted molar refractivity (Wildman–Crippen MR) is 76.5 cm³/mol. The lowest BCUT2D eigenvalue weighted by molar-refractivity contribution is -0.134. The fourth-order valence-corrected chi connectivity index (χ4v) is 1.77. The van der Waals surface area contributed by atoms with Crippen LogP contribution in [-0.2, 0) is 16.6 Å². The summed E-state index contributed by atoms with van der Waals surface area (Å²) < 4.78 is 6.35. The molecule has 2 aromatic heterocycles. The molecule has 0 aliphatic carbocycles. The highest BCUT2D eigenvalue weighted by Gasteiger charge is 2.11. The van der Waals surface area contributed by atoms with Crippen LogP contribution >= 0.6 is 0 Å². The SMILES string of the molecule is COC(=O)/C=C/CNC(=O)c1cc(-c2cccn2C)n[nH]1. The number of hydrogen-bond donors (Lipinski definition) is 2. The third-order valence-corrected chi connectivity index (χ3v) is 2.86. The van der Waals surface area contributed by atoms with Gasteiger partial charge in [0.25, 0.3) is 5.91 Å². The van der Waals surface area contributed by atoms with Gasteiger partial charge in [0.05, 0.1) is 12.8 Å². The summed E-state index contributed by atoms with van der Waals surface area (Å²) in [6.07, 6.45) is 4.67. The van der Waals surface area contributed by atoms with Gasteiger partial charge >= 0.3 is 5.97 Å². The van der Waals surface area contributed by atoms with E-state index >= 15 is 0 Å². The Labute approximate surface area is 121 Å². The van der Waals surface area contributed by atoms with Crippen LogP contribution in [0.5, 0.6) is 0 Å². The van der Waals surface area contributed by atoms with Crippen molar-refractivity contribution in [1.29, 1.82) is 0 Å². The van der Waals surface area contributed by atoms with Crippen molar-refractivity contribution in [2.75, 3.05) is 13.7 Å². The van der Waals surface area contributed by atoms with Gasteiger partial charge in [-0.05, 0) is 18.2 Å². The molecule has 0 saturated heterocycles. The van der Waals surface area contributed by atoms with Crippen LogP contribution in [0.1, 0.15) is 10.5 Å². The Morgan fingerprint density at radius 2 is 2.33 bits per heavy atom. The molecule has 0 radical (unpaired) electrons. The Bertz CT molecular complexity index is 669. The zero-order chi connectivity index (χ0) is 15.2. The molecule has 2 aromatic rings. The third-order valence-electron chi connectivity index (χ3n) is 2.86. The number of aromatic nitrogens is 3. The van der Waals surface area contributed by atoms with E-state index in [1.165, 1.54) is 19.3 Å². The van der Waals surface area contributed by atoms with Crippen LogP contribution in [-0.4, -0.2) is 40.3 Å². The van der Waals surface area contributed by atoms with Gasteiger partial charge in [-0.2, -0.15) is 5.10 Å². The number of methoxy groups -OCH3 is 1. The molecule has 2 rings (SSSR count). The molecule has 0 unspecified atom stereocenters. The third kappa shape index (κ3) is 3.59. The maximum atomic E-state index is 11.9. The Kier molecular flexibility index (Phi) is 4.55. The summed E-state index contributed by atoms with van der Waals surface area (Å²) in [7, 11) is 3.20. The second kappa shape index (κ2) is 6.56. The molecule has 0 aliphatic rings. The summed E-state index contributed by atoms with van der Waals surface area (Å²) in [5, 5.41) is 9.44. The first-order valence-electron chi connectivity index (χ1n) is 6.31. The highest BCUT2D eigenvalue weighted by molar-refractivity contribution is 5.93. The quantitative estimate of drug-likeness (QED) is 0.631. The molecule has 21 heavy (non-hydrogen) atoms. The Morgan fingerprint density at radius 3 is 3.00 bits per heavy atom. The minimum Gasteiger partial charge on any atom is -0.466 e. The number of rotatable bonds is 5. The van der Waals surface area contributed by atoms with Gasteiger partial charge in [-0.1, -0.05) is 6.08 Å². The van der Waals surface area contributed by atoms with E-state index in [1.807, 2.05) is 29.9 Å². The monoisotopic (exact) mass is 288 g/mol. The lowest BCUT2D eigenvalue weighted by Crippen LogP contribution is -2.23. The van der Waals surface area contributed by atoms with Gasteiger partial charge in [-0.15, -0.1) is 0 Å². The molecule has 0 bridgehead atoms. The van der Waals surface area contributed by atoms with Crippen molar-refractivity contribution < 1.29 is 14.3 Å². The van der Waals surface area contributed by atoms with Crippen molar-refractivity contribution in [2.24, 2.45) is 7.05 Å². The molecular weight excluding hydrogens is 272 g/mol. The summed E-state index contributed by atoms with van der Waals surface area (Å²) in [6.45, 7) is 0.229. The molecule has 2 N–H and O–H groups in total. The predicted octanol–water partition coefficient (Wildman–Crippen LogP) is 0.874. The van der Waals surface area contributed by atoms with E-state index in [2.05, 4.69) is 20.3 Å². The number of esters is 1. The van der Waals surface area contributed by atoms with Crippen LogP contribution < -0.4 is 5.32 Å². The summed E-state index contributed by atoms with van der Waals surface area (Å²) in [5.74, 6) is -0.755. The number of carbonyl (C=O) groups excluding carboxylic acids is 2. The number of aromatic amines is 1. The van der Waals surface area contributed by atoms with Crippen LogP contribution in [0.4, 0.5) is 0 Å². The molecule has 7 heteroatoms. The number of ether oxygens (including phenoxy) is 1. The average Bonchev–Trinajstić information content (AvgIpc) is 3.11. The smallest absolute Gasteiger partial charge is 0.330 e. The maximum absolute atomic E-state index is 11.9. The van der Waals surface area contributed by atoms with Gasteiger partial charge < -0.3 is 14.6 Å². The maximum Gasteiger partial charge on any atom is 0.330 e. The van der Waals surface area contributed by atoms with E-state index in [9.17, 15) is 9.59 Å². The molecule has 7 nitrogen and oxygen atoms in total. The summed E-state index contributed by atoms with van der Waals surface area (Å²) in [6, 6.07) is 5.49. The van der Waals surface area contributed by atoms with E-state index in [0.29, 0.717) is 11.4 Å². The molecular formula is C14H16N4O3. The minimum atomic E-state index is -0.461. The van der Waals surface area contributed by atoms with E-state index in [1.54, 1.807) is 6.07 Å². The number of nitrogens with zero attached hydrogens (tertiary/aromatic N) is 2. The van der Waals surface area contributed by atoms with Crippen molar-refractivity contribution in [2.45, 2.75) is 0 Å². The number of nitrogens with one attached hydrogen (secondary N) is 2. The van der Waals surface area contributed by atoms with E-state index in [4.69, 9.17) is 0 Å². The van der Waals surface area contributed by atoms with Crippen LogP contribution in [0.25, 0.3) is 11.4 Å². The zero-order valence-corrected chi connectivity index (χ0v) is 11.8. The number of hydrogen-bond acceptors (Lipinski definition) is 4. The van der Waals surface area contributed by atoms with Crippen molar-refractivity contribution in [1.82, 2.24) is 20.1 Å². The van der Waals surface area contributed by atoms with Crippen LogP contribution in [0.3, 0.4) is 0 Å². The van der Waals surface area contributed by atoms with Gasteiger partial charge in [0, 0.05) is 25.9 Å². The molecule has 0 atom stereocenters. The van der Waals surface area contributed by atoms with Crippen molar-refractivity contribution in [3.05, 3.63) is 42.2 Å². The van der Waals surface area contributed by atoms with E-state index in [-0.39, 0.29) is 12.5 Å². The summed E-state index contributed by atoms with van der Waals surface area (Å²) in [4.78, 5) is 22.7. The fourth-order valence-electron chi connectivity index (χ4n) is 1.77. The molecule has 0 spiro atoms. The summed E-state index contributed by atoms with van der Waals surface area (Å²) in [5.41, 5.74) is 1.96. The lowest BCUT2D eigenvalue weighted by Gasteiger charge is -1.98. The lowest BCUT2D eigenvalue weighted by atomic mass is 10.3. The molecule has 2 heterocycles. The average molecular weight is 288 g/mol. The second-order valence-electron chi connectivity index (χ2n) is 4.31. The Hall–Kier alpha value is -2.83. The van der Waals surface area contributed by atoms with Crippen LogP contribution in [0.15, 0.2) is 36.5 Å². The molecule has 0 aromatic carbocycles. The molecule has 0 fully saturated rings. The second-order valence-corrected chi connectivity index (χ2v) is 4.31. The van der Waals surface area contributed by atoms with E-state index < -0.39 is 5.97 Å². The topological polar surface area (TPSA) is 89.0 Å². The molecule has 1 amide bonds. The Balaban J connectivity index is 1.95. The highest BCUT2D eigenvalue weighted by Crippen LogP contribution is 2.17. The first-order chi connectivity index (χ1) is 10.1. The number of carbonyl (C=O) groups is 2. The van der Waals surface area contributed by atoms with Gasteiger partial charge in [0.15, 0.2) is 0 Å². The molecule has 0 saturated carbocycles. The standard InChI is InChI=1S/C14H16N4O3/c1-18-8-4-5-12(18)10-9-11(17-16-10)14(20)15-7-3-6-13(19)21-2/h3-6,8-9H,7H2,1-2H3,(H,15,20)(H,16,17)/b6-3+. The number of H-pyrrole nitrogens is 1. The van der Waals surface area contributed by atoms with Gasteiger partial charge in [0.1, 0.15) is 11.4 Å². The summed E-state index contributed by atoms with van der Waals surface area (Å²) >= 11 is 0. The van der Waals surface area contributed by atoms with Crippen LogP contribution in [0, 0.1) is 0 Å². The largest absolute Gasteiger partial charge is 0.466 e. The number of aryl methyl sites for hydroxylation is 1. The van der Waals surface area contributed by atoms with Crippen molar-refractivity contribution in [3.8, 4) is 11.4 Å². The normalized spacial score (nSPS) is 10.8. The first-order valence-corrected chi connectivity index (χ1v) is 6.31. The number of amides is 1.